The molecule has 1 unspecified atom stereocenters. The number of benzene rings is 1. The zero-order valence-electron chi connectivity index (χ0n) is 11.8. The van der Waals surface area contributed by atoms with Crippen LogP contribution < -0.4 is 5.32 Å². The van der Waals surface area contributed by atoms with Crippen molar-refractivity contribution in [1.29, 1.82) is 5.26 Å². The number of nitrogens with zero attached hydrogens (tertiary/aromatic N) is 1. The van der Waals surface area contributed by atoms with E-state index in [1.54, 1.807) is 0 Å². The maximum Gasteiger partial charge on any atom is 0.0837 e. The Bertz CT molecular complexity index is 399. The summed E-state index contributed by atoms with van der Waals surface area (Å²) >= 11 is 0. The molecular formula is C17H24N2. The fourth-order valence-corrected chi connectivity index (χ4v) is 2.98. The molecule has 2 nitrogen and oxygen atoms in total. The first-order valence-corrected chi connectivity index (χ1v) is 7.51. The maximum absolute atomic E-state index is 9.30. The van der Waals surface area contributed by atoms with Crippen molar-refractivity contribution in [3.8, 4) is 6.07 Å². The Morgan fingerprint density at radius 1 is 1.21 bits per heavy atom. The van der Waals surface area contributed by atoms with Crippen LogP contribution in [0.5, 0.6) is 0 Å². The Balaban J connectivity index is 1.80. The Morgan fingerprint density at radius 2 is 1.89 bits per heavy atom. The van der Waals surface area contributed by atoms with Crippen LogP contribution in [0.3, 0.4) is 0 Å². The molecule has 1 fully saturated rings. The SMILES string of the molecule is CCC1CCC(NCC(C#N)c2ccccc2)CC1. The van der Waals surface area contributed by atoms with Gasteiger partial charge >= 0.3 is 0 Å². The summed E-state index contributed by atoms with van der Waals surface area (Å²) in [7, 11) is 0. The van der Waals surface area contributed by atoms with Crippen LogP contribution in [0.25, 0.3) is 0 Å². The molecular weight excluding hydrogens is 232 g/mol. The van der Waals surface area contributed by atoms with Crippen molar-refractivity contribution in [2.75, 3.05) is 6.54 Å². The van der Waals surface area contributed by atoms with Crippen LogP contribution in [-0.2, 0) is 0 Å². The second-order valence-corrected chi connectivity index (χ2v) is 5.63. The molecule has 1 saturated carbocycles. The normalized spacial score (nSPS) is 24.6. The molecule has 1 aliphatic carbocycles. The zero-order chi connectivity index (χ0) is 13.5. The van der Waals surface area contributed by atoms with Crippen LogP contribution in [0.1, 0.15) is 50.5 Å². The van der Waals surface area contributed by atoms with Gasteiger partial charge in [-0.05, 0) is 37.2 Å². The lowest BCUT2D eigenvalue weighted by Crippen LogP contribution is -2.35. The molecule has 0 spiro atoms. The maximum atomic E-state index is 9.30. The summed E-state index contributed by atoms with van der Waals surface area (Å²) in [5.74, 6) is 0.907. The summed E-state index contributed by atoms with van der Waals surface area (Å²) in [5.41, 5.74) is 1.12. The fourth-order valence-electron chi connectivity index (χ4n) is 2.98. The predicted molar refractivity (Wildman–Crippen MR) is 78.8 cm³/mol. The molecule has 2 heteroatoms. The first-order chi connectivity index (χ1) is 9.33. The highest BCUT2D eigenvalue weighted by Gasteiger charge is 2.20. The summed E-state index contributed by atoms with van der Waals surface area (Å²) in [5, 5.41) is 12.9. The molecule has 1 aromatic rings. The first kappa shape index (κ1) is 14.1. The number of hydrogen-bond acceptors (Lipinski definition) is 2. The number of rotatable bonds is 5. The highest BCUT2D eigenvalue weighted by Crippen LogP contribution is 2.26. The minimum atomic E-state index is -0.0231. The van der Waals surface area contributed by atoms with Gasteiger partial charge < -0.3 is 5.32 Å². The van der Waals surface area contributed by atoms with Gasteiger partial charge in [0, 0.05) is 12.6 Å². The summed E-state index contributed by atoms with van der Waals surface area (Å²) in [6.07, 6.45) is 6.54. The molecule has 0 radical (unpaired) electrons. The number of hydrogen-bond donors (Lipinski definition) is 1. The van der Waals surface area contributed by atoms with Crippen molar-refractivity contribution in [3.05, 3.63) is 35.9 Å². The van der Waals surface area contributed by atoms with Crippen LogP contribution in [0.4, 0.5) is 0 Å². The lowest BCUT2D eigenvalue weighted by Gasteiger charge is -2.29. The predicted octanol–water partition coefficient (Wildman–Crippen LogP) is 3.85. The van der Waals surface area contributed by atoms with Crippen LogP contribution in [0.2, 0.25) is 0 Å². The van der Waals surface area contributed by atoms with Crippen molar-refractivity contribution in [2.45, 2.75) is 51.0 Å². The second-order valence-electron chi connectivity index (χ2n) is 5.63. The Morgan fingerprint density at radius 3 is 2.47 bits per heavy atom. The highest BCUT2D eigenvalue weighted by molar-refractivity contribution is 5.25. The molecule has 102 valence electrons. The van der Waals surface area contributed by atoms with Crippen LogP contribution in [-0.4, -0.2) is 12.6 Å². The topological polar surface area (TPSA) is 35.8 Å². The summed E-state index contributed by atoms with van der Waals surface area (Å²) in [6.45, 7) is 3.07. The van der Waals surface area contributed by atoms with E-state index in [1.807, 2.05) is 30.3 Å². The molecule has 1 aromatic carbocycles. The Hall–Kier alpha value is -1.33. The summed E-state index contributed by atoms with van der Waals surface area (Å²) in [4.78, 5) is 0. The van der Waals surface area contributed by atoms with Gasteiger partial charge in [-0.15, -0.1) is 0 Å². The third-order valence-corrected chi connectivity index (χ3v) is 4.39. The molecule has 0 aromatic heterocycles. The van der Waals surface area contributed by atoms with Gasteiger partial charge in [-0.2, -0.15) is 5.26 Å². The minimum absolute atomic E-state index is 0.0231. The van der Waals surface area contributed by atoms with E-state index in [0.717, 1.165) is 18.0 Å². The smallest absolute Gasteiger partial charge is 0.0837 e. The van der Waals surface area contributed by atoms with Gasteiger partial charge in [-0.3, -0.25) is 0 Å². The largest absolute Gasteiger partial charge is 0.312 e. The van der Waals surface area contributed by atoms with E-state index in [2.05, 4.69) is 18.3 Å². The molecule has 0 amide bonds. The molecule has 0 saturated heterocycles. The van der Waals surface area contributed by atoms with Crippen LogP contribution in [0, 0.1) is 17.2 Å². The second kappa shape index (κ2) is 7.31. The zero-order valence-corrected chi connectivity index (χ0v) is 11.8. The molecule has 1 N–H and O–H groups in total. The average molecular weight is 256 g/mol. The van der Waals surface area contributed by atoms with E-state index >= 15 is 0 Å². The van der Waals surface area contributed by atoms with Crippen LogP contribution in [0.15, 0.2) is 30.3 Å². The molecule has 0 bridgehead atoms. The van der Waals surface area contributed by atoms with Gasteiger partial charge in [0.2, 0.25) is 0 Å². The van der Waals surface area contributed by atoms with E-state index in [9.17, 15) is 5.26 Å². The van der Waals surface area contributed by atoms with E-state index in [-0.39, 0.29) is 5.92 Å². The van der Waals surface area contributed by atoms with Gasteiger partial charge in [0.05, 0.1) is 12.0 Å². The summed E-state index contributed by atoms with van der Waals surface area (Å²) < 4.78 is 0. The van der Waals surface area contributed by atoms with Crippen LogP contribution >= 0.6 is 0 Å². The molecule has 1 atom stereocenters. The Kier molecular flexibility index (Phi) is 5.42. The average Bonchev–Trinajstić information content (AvgIpc) is 2.49. The number of nitriles is 1. The summed E-state index contributed by atoms with van der Waals surface area (Å²) in [6, 6.07) is 13.1. The minimum Gasteiger partial charge on any atom is -0.312 e. The Labute approximate surface area is 116 Å². The third-order valence-electron chi connectivity index (χ3n) is 4.39. The molecule has 19 heavy (non-hydrogen) atoms. The molecule has 0 aliphatic heterocycles. The fraction of sp³-hybridized carbons (Fsp3) is 0.588. The number of nitrogens with one attached hydrogen (secondary N) is 1. The van der Waals surface area contributed by atoms with Gasteiger partial charge in [0.25, 0.3) is 0 Å². The third kappa shape index (κ3) is 4.08. The quantitative estimate of drug-likeness (QED) is 0.868. The van der Waals surface area contributed by atoms with E-state index in [0.29, 0.717) is 6.04 Å². The first-order valence-electron chi connectivity index (χ1n) is 7.51. The van der Waals surface area contributed by atoms with E-state index < -0.39 is 0 Å². The highest BCUT2D eigenvalue weighted by atomic mass is 14.9. The standard InChI is InChI=1S/C17H24N2/c1-2-14-8-10-17(11-9-14)19-13-16(12-18)15-6-4-3-5-7-15/h3-7,14,16-17,19H,2,8-11,13H2,1H3. The van der Waals surface area contributed by atoms with Crippen molar-refractivity contribution in [2.24, 2.45) is 5.92 Å². The van der Waals surface area contributed by atoms with Gasteiger partial charge in [0.1, 0.15) is 0 Å². The van der Waals surface area contributed by atoms with Crippen molar-refractivity contribution >= 4 is 0 Å². The molecule has 1 aliphatic rings. The van der Waals surface area contributed by atoms with Gasteiger partial charge in [-0.1, -0.05) is 43.7 Å². The van der Waals surface area contributed by atoms with Gasteiger partial charge in [-0.25, -0.2) is 0 Å². The van der Waals surface area contributed by atoms with Gasteiger partial charge in [0.15, 0.2) is 0 Å². The molecule has 2 rings (SSSR count). The molecule has 0 heterocycles. The van der Waals surface area contributed by atoms with Crippen molar-refractivity contribution < 1.29 is 0 Å². The lowest BCUT2D eigenvalue weighted by atomic mass is 9.84. The van der Waals surface area contributed by atoms with Crippen molar-refractivity contribution in [1.82, 2.24) is 5.32 Å². The monoisotopic (exact) mass is 256 g/mol. The van der Waals surface area contributed by atoms with E-state index in [1.165, 1.54) is 32.1 Å². The lowest BCUT2D eigenvalue weighted by molar-refractivity contribution is 0.285. The van der Waals surface area contributed by atoms with E-state index in [4.69, 9.17) is 0 Å². The van der Waals surface area contributed by atoms with Crippen molar-refractivity contribution in [3.63, 3.8) is 0 Å².